The molecule has 108 valence electrons. The quantitative estimate of drug-likeness (QED) is 0.870. The van der Waals surface area contributed by atoms with Gasteiger partial charge in [0.25, 0.3) is 0 Å². The van der Waals surface area contributed by atoms with Crippen LogP contribution < -0.4 is 15.2 Å². The predicted octanol–water partition coefficient (Wildman–Crippen LogP) is 3.20. The number of ether oxygens (including phenoxy) is 2. The van der Waals surface area contributed by atoms with E-state index in [9.17, 15) is 0 Å². The Balaban J connectivity index is 2.31. The van der Waals surface area contributed by atoms with Gasteiger partial charge >= 0.3 is 0 Å². The molecule has 0 spiro atoms. The number of benzene rings is 1. The molecule has 2 rings (SSSR count). The molecule has 0 bridgehead atoms. The van der Waals surface area contributed by atoms with E-state index < -0.39 is 0 Å². The Morgan fingerprint density at radius 3 is 2.35 bits per heavy atom. The number of nitrogen functional groups attached to an aromatic ring is 1. The van der Waals surface area contributed by atoms with Crippen molar-refractivity contribution in [2.45, 2.75) is 33.8 Å². The molecule has 2 N–H and O–H groups in total. The third kappa shape index (κ3) is 3.04. The minimum Gasteiger partial charge on any atom is -0.491 e. The first-order valence-corrected chi connectivity index (χ1v) is 6.62. The maximum absolute atomic E-state index is 5.92. The molecular weight excluding hydrogens is 254 g/mol. The number of nitrogens with two attached hydrogens (primary N) is 1. The molecule has 2 aromatic rings. The van der Waals surface area contributed by atoms with Gasteiger partial charge in [-0.3, -0.25) is 4.68 Å². The molecule has 0 radical (unpaired) electrons. The molecule has 0 fully saturated rings. The lowest BCUT2D eigenvalue weighted by molar-refractivity contribution is 0.242. The van der Waals surface area contributed by atoms with Gasteiger partial charge in [-0.15, -0.1) is 0 Å². The number of aryl methyl sites for hydroxylation is 2. The summed E-state index contributed by atoms with van der Waals surface area (Å²) in [6.45, 7) is 7.82. The average molecular weight is 275 g/mol. The van der Waals surface area contributed by atoms with E-state index in [0.717, 1.165) is 17.1 Å². The summed E-state index contributed by atoms with van der Waals surface area (Å²) in [5.74, 6) is 2.11. The van der Waals surface area contributed by atoms with Crippen LogP contribution in [0.1, 0.15) is 25.2 Å². The second kappa shape index (κ2) is 5.45. The highest BCUT2D eigenvalue weighted by Gasteiger charge is 2.12. The Morgan fingerprint density at radius 1 is 1.15 bits per heavy atom. The summed E-state index contributed by atoms with van der Waals surface area (Å²) in [5, 5.41) is 4.33. The maximum Gasteiger partial charge on any atom is 0.171 e. The summed E-state index contributed by atoms with van der Waals surface area (Å²) >= 11 is 0. The highest BCUT2D eigenvalue weighted by molar-refractivity contribution is 5.52. The fourth-order valence-corrected chi connectivity index (χ4v) is 2.01. The fraction of sp³-hybridized carbons (Fsp3) is 0.400. The number of hydrogen-bond donors (Lipinski definition) is 1. The van der Waals surface area contributed by atoms with Crippen LogP contribution in [0.3, 0.4) is 0 Å². The number of anilines is 1. The second-order valence-electron chi connectivity index (χ2n) is 5.13. The molecule has 5 nitrogen and oxygen atoms in total. The molecule has 0 unspecified atom stereocenters. The Bertz CT molecular complexity index is 618. The molecule has 5 heteroatoms. The zero-order chi connectivity index (χ0) is 14.9. The van der Waals surface area contributed by atoms with Crippen LogP contribution in [0.15, 0.2) is 18.2 Å². The molecule has 1 aromatic carbocycles. The van der Waals surface area contributed by atoms with Crippen LogP contribution in [0.5, 0.6) is 17.2 Å². The van der Waals surface area contributed by atoms with E-state index in [1.807, 2.05) is 40.8 Å². The van der Waals surface area contributed by atoms with Crippen molar-refractivity contribution < 1.29 is 9.47 Å². The second-order valence-corrected chi connectivity index (χ2v) is 5.13. The van der Waals surface area contributed by atoms with E-state index in [1.165, 1.54) is 0 Å². The van der Waals surface area contributed by atoms with Gasteiger partial charge in [0.1, 0.15) is 17.2 Å². The molecule has 0 aliphatic carbocycles. The fourth-order valence-electron chi connectivity index (χ4n) is 2.01. The summed E-state index contributed by atoms with van der Waals surface area (Å²) in [6.07, 6.45) is 0.0894. The van der Waals surface area contributed by atoms with Gasteiger partial charge in [0.15, 0.2) is 5.75 Å². The number of nitrogens with zero attached hydrogens (tertiary/aromatic N) is 2. The van der Waals surface area contributed by atoms with Crippen molar-refractivity contribution in [3.05, 3.63) is 29.6 Å². The smallest absolute Gasteiger partial charge is 0.171 e. The van der Waals surface area contributed by atoms with E-state index in [2.05, 4.69) is 5.10 Å². The van der Waals surface area contributed by atoms with E-state index in [4.69, 9.17) is 15.2 Å². The van der Waals surface area contributed by atoms with Gasteiger partial charge in [-0.05, 0) is 27.7 Å². The standard InChI is InChI=1S/C15H21N3O2/c1-9(2)19-13-6-12(16)7-14(8-13)20-15-10(3)17-18(5)11(15)4/h6-9H,16H2,1-5H3. The highest BCUT2D eigenvalue weighted by Crippen LogP contribution is 2.32. The third-order valence-corrected chi connectivity index (χ3v) is 2.94. The van der Waals surface area contributed by atoms with Crippen LogP contribution in [-0.2, 0) is 7.05 Å². The summed E-state index contributed by atoms with van der Waals surface area (Å²) in [5.41, 5.74) is 8.31. The maximum atomic E-state index is 5.92. The first-order valence-electron chi connectivity index (χ1n) is 6.62. The highest BCUT2D eigenvalue weighted by atomic mass is 16.5. The van der Waals surface area contributed by atoms with Crippen LogP contribution >= 0.6 is 0 Å². The monoisotopic (exact) mass is 275 g/mol. The van der Waals surface area contributed by atoms with E-state index >= 15 is 0 Å². The first kappa shape index (κ1) is 14.2. The van der Waals surface area contributed by atoms with Crippen molar-refractivity contribution >= 4 is 5.69 Å². The van der Waals surface area contributed by atoms with Gasteiger partial charge in [-0.25, -0.2) is 0 Å². The van der Waals surface area contributed by atoms with E-state index in [0.29, 0.717) is 17.2 Å². The van der Waals surface area contributed by atoms with Crippen LogP contribution in [0, 0.1) is 13.8 Å². The Kier molecular flexibility index (Phi) is 3.88. The zero-order valence-electron chi connectivity index (χ0n) is 12.6. The topological polar surface area (TPSA) is 62.3 Å². The average Bonchev–Trinajstić information content (AvgIpc) is 2.54. The molecule has 1 heterocycles. The van der Waals surface area contributed by atoms with Crippen LogP contribution in [0.25, 0.3) is 0 Å². The Morgan fingerprint density at radius 2 is 1.80 bits per heavy atom. The molecule has 20 heavy (non-hydrogen) atoms. The van der Waals surface area contributed by atoms with Gasteiger partial charge in [-0.2, -0.15) is 5.10 Å². The van der Waals surface area contributed by atoms with Crippen molar-refractivity contribution in [2.24, 2.45) is 7.05 Å². The summed E-state index contributed by atoms with van der Waals surface area (Å²) in [7, 11) is 1.89. The Hall–Kier alpha value is -2.17. The lowest BCUT2D eigenvalue weighted by atomic mass is 10.2. The molecule has 0 saturated heterocycles. The molecule has 0 aliphatic rings. The van der Waals surface area contributed by atoms with Crippen LogP contribution in [-0.4, -0.2) is 15.9 Å². The predicted molar refractivity (Wildman–Crippen MR) is 79.4 cm³/mol. The lowest BCUT2D eigenvalue weighted by Gasteiger charge is -2.13. The van der Waals surface area contributed by atoms with Crippen molar-refractivity contribution in [1.82, 2.24) is 9.78 Å². The summed E-state index contributed by atoms with van der Waals surface area (Å²) < 4.78 is 13.4. The SMILES string of the molecule is Cc1nn(C)c(C)c1Oc1cc(N)cc(OC(C)C)c1. The number of aromatic nitrogens is 2. The van der Waals surface area contributed by atoms with Crippen molar-refractivity contribution in [1.29, 1.82) is 0 Å². The van der Waals surface area contributed by atoms with Gasteiger partial charge in [0, 0.05) is 30.9 Å². The summed E-state index contributed by atoms with van der Waals surface area (Å²) in [4.78, 5) is 0. The molecular formula is C15H21N3O2. The number of rotatable bonds is 4. The first-order chi connectivity index (χ1) is 9.36. The van der Waals surface area contributed by atoms with Crippen molar-refractivity contribution in [3.8, 4) is 17.2 Å². The van der Waals surface area contributed by atoms with Gasteiger partial charge < -0.3 is 15.2 Å². The van der Waals surface area contributed by atoms with Gasteiger partial charge in [0.05, 0.1) is 11.8 Å². The van der Waals surface area contributed by atoms with E-state index in [1.54, 1.807) is 16.8 Å². The largest absolute Gasteiger partial charge is 0.491 e. The molecule has 0 saturated carbocycles. The van der Waals surface area contributed by atoms with E-state index in [-0.39, 0.29) is 6.10 Å². The van der Waals surface area contributed by atoms with Crippen LogP contribution in [0.2, 0.25) is 0 Å². The summed E-state index contributed by atoms with van der Waals surface area (Å²) in [6, 6.07) is 5.40. The zero-order valence-corrected chi connectivity index (χ0v) is 12.6. The molecule has 0 atom stereocenters. The van der Waals surface area contributed by atoms with Crippen molar-refractivity contribution in [3.63, 3.8) is 0 Å². The minimum absolute atomic E-state index is 0.0894. The normalized spacial score (nSPS) is 10.9. The van der Waals surface area contributed by atoms with Gasteiger partial charge in [-0.1, -0.05) is 0 Å². The molecule has 0 amide bonds. The van der Waals surface area contributed by atoms with Gasteiger partial charge in [0.2, 0.25) is 0 Å². The van der Waals surface area contributed by atoms with Crippen molar-refractivity contribution in [2.75, 3.05) is 5.73 Å². The molecule has 0 aliphatic heterocycles. The molecule has 1 aromatic heterocycles. The minimum atomic E-state index is 0.0894. The van der Waals surface area contributed by atoms with Crippen LogP contribution in [0.4, 0.5) is 5.69 Å². The third-order valence-electron chi connectivity index (χ3n) is 2.94. The lowest BCUT2D eigenvalue weighted by Crippen LogP contribution is -2.06. The number of hydrogen-bond acceptors (Lipinski definition) is 4. The Labute approximate surface area is 119 Å².